The molecule has 23 heavy (non-hydrogen) atoms. The molecule has 1 atom stereocenters. The van der Waals surface area contributed by atoms with Crippen molar-refractivity contribution in [1.82, 2.24) is 15.1 Å². The highest BCUT2D eigenvalue weighted by molar-refractivity contribution is 6.04. The lowest BCUT2D eigenvalue weighted by molar-refractivity contribution is -0.118. The third-order valence-electron chi connectivity index (χ3n) is 4.36. The zero-order chi connectivity index (χ0) is 16.6. The van der Waals surface area contributed by atoms with Gasteiger partial charge in [0.1, 0.15) is 6.04 Å². The molecule has 0 spiro atoms. The SMILES string of the molecule is Cc1cccc(C(=O)N[C@@H]2CCN(c3cnn(C)c3)C2=O)c1C. The minimum Gasteiger partial charge on any atom is -0.340 e. The van der Waals surface area contributed by atoms with Gasteiger partial charge < -0.3 is 10.2 Å². The molecule has 0 radical (unpaired) electrons. The van der Waals surface area contributed by atoms with Crippen LogP contribution < -0.4 is 10.2 Å². The van der Waals surface area contributed by atoms with Crippen molar-refractivity contribution in [3.8, 4) is 0 Å². The summed E-state index contributed by atoms with van der Waals surface area (Å²) in [5.74, 6) is -0.283. The second-order valence-corrected chi connectivity index (χ2v) is 5.92. The van der Waals surface area contributed by atoms with Crippen LogP contribution in [0.25, 0.3) is 0 Å². The molecule has 1 aromatic carbocycles. The molecule has 6 nitrogen and oxygen atoms in total. The van der Waals surface area contributed by atoms with E-state index in [2.05, 4.69) is 10.4 Å². The quantitative estimate of drug-likeness (QED) is 0.935. The van der Waals surface area contributed by atoms with Crippen molar-refractivity contribution < 1.29 is 9.59 Å². The molecule has 120 valence electrons. The molecule has 0 bridgehead atoms. The molecule has 0 saturated carbocycles. The van der Waals surface area contributed by atoms with Crippen LogP contribution in [0.5, 0.6) is 0 Å². The summed E-state index contributed by atoms with van der Waals surface area (Å²) in [5.41, 5.74) is 3.39. The van der Waals surface area contributed by atoms with Gasteiger partial charge in [0, 0.05) is 25.4 Å². The van der Waals surface area contributed by atoms with Gasteiger partial charge in [0.25, 0.3) is 5.91 Å². The first-order valence-corrected chi connectivity index (χ1v) is 7.64. The largest absolute Gasteiger partial charge is 0.340 e. The molecule has 1 fully saturated rings. The van der Waals surface area contributed by atoms with Crippen LogP contribution in [0, 0.1) is 13.8 Å². The van der Waals surface area contributed by atoms with E-state index >= 15 is 0 Å². The Bertz CT molecular complexity index is 766. The van der Waals surface area contributed by atoms with Gasteiger partial charge in [0.15, 0.2) is 0 Å². The summed E-state index contributed by atoms with van der Waals surface area (Å²) in [6, 6.07) is 5.13. The lowest BCUT2D eigenvalue weighted by atomic mass is 10.0. The van der Waals surface area contributed by atoms with Crippen molar-refractivity contribution >= 4 is 17.5 Å². The second-order valence-electron chi connectivity index (χ2n) is 5.92. The number of rotatable bonds is 3. The highest BCUT2D eigenvalue weighted by atomic mass is 16.2. The van der Waals surface area contributed by atoms with Crippen molar-refractivity contribution in [1.29, 1.82) is 0 Å². The number of aryl methyl sites for hydroxylation is 2. The fourth-order valence-electron chi connectivity index (χ4n) is 2.85. The maximum absolute atomic E-state index is 12.5. The zero-order valence-corrected chi connectivity index (χ0v) is 13.5. The molecule has 1 N–H and O–H groups in total. The van der Waals surface area contributed by atoms with E-state index in [1.165, 1.54) is 0 Å². The maximum atomic E-state index is 12.5. The van der Waals surface area contributed by atoms with Crippen molar-refractivity contribution in [3.05, 3.63) is 47.3 Å². The van der Waals surface area contributed by atoms with Gasteiger partial charge in [-0.3, -0.25) is 14.3 Å². The summed E-state index contributed by atoms with van der Waals surface area (Å²) < 4.78 is 1.66. The lowest BCUT2D eigenvalue weighted by Gasteiger charge is -2.16. The molecule has 1 aliphatic rings. The normalized spacial score (nSPS) is 17.6. The van der Waals surface area contributed by atoms with Crippen LogP contribution in [0.3, 0.4) is 0 Å². The molecule has 0 unspecified atom stereocenters. The summed E-state index contributed by atoms with van der Waals surface area (Å²) in [7, 11) is 1.81. The van der Waals surface area contributed by atoms with Crippen LogP contribution in [-0.2, 0) is 11.8 Å². The Morgan fingerprint density at radius 2 is 2.13 bits per heavy atom. The molecule has 2 aromatic rings. The number of nitrogens with one attached hydrogen (secondary N) is 1. The smallest absolute Gasteiger partial charge is 0.252 e. The highest BCUT2D eigenvalue weighted by Gasteiger charge is 2.34. The zero-order valence-electron chi connectivity index (χ0n) is 13.5. The predicted octanol–water partition coefficient (Wildman–Crippen LogP) is 1.57. The monoisotopic (exact) mass is 312 g/mol. The average molecular weight is 312 g/mol. The van der Waals surface area contributed by atoms with Gasteiger partial charge in [0.2, 0.25) is 5.91 Å². The predicted molar refractivity (Wildman–Crippen MR) is 87.3 cm³/mol. The number of carbonyl (C=O) groups excluding carboxylic acids is 2. The first kappa shape index (κ1) is 15.3. The van der Waals surface area contributed by atoms with Crippen molar-refractivity contribution in [2.75, 3.05) is 11.4 Å². The Kier molecular flexibility index (Phi) is 3.90. The standard InChI is InChI=1S/C17H20N4O2/c1-11-5-4-6-14(12(11)2)16(22)19-15-7-8-21(17(15)23)13-9-18-20(3)10-13/h4-6,9-10,15H,7-8H2,1-3H3,(H,19,22)/t15-/m1/s1. The Labute approximate surface area is 135 Å². The molecule has 2 amide bonds. The summed E-state index contributed by atoms with van der Waals surface area (Å²) in [6.07, 6.45) is 4.06. The fourth-order valence-corrected chi connectivity index (χ4v) is 2.85. The Morgan fingerprint density at radius 3 is 2.83 bits per heavy atom. The van der Waals surface area contributed by atoms with Crippen molar-refractivity contribution in [2.45, 2.75) is 26.3 Å². The third-order valence-corrected chi connectivity index (χ3v) is 4.36. The molecule has 1 aromatic heterocycles. The summed E-state index contributed by atoms with van der Waals surface area (Å²) in [5, 5.41) is 6.95. The van der Waals surface area contributed by atoms with Gasteiger partial charge in [-0.05, 0) is 37.5 Å². The molecule has 3 rings (SSSR count). The minimum absolute atomic E-state index is 0.0864. The van der Waals surface area contributed by atoms with Gasteiger partial charge in [0.05, 0.1) is 11.9 Å². The molecule has 1 aliphatic heterocycles. The molecular formula is C17H20N4O2. The number of nitrogens with zero attached hydrogens (tertiary/aromatic N) is 3. The molecule has 6 heteroatoms. The van der Waals surface area contributed by atoms with Gasteiger partial charge >= 0.3 is 0 Å². The van der Waals surface area contributed by atoms with Crippen LogP contribution >= 0.6 is 0 Å². The first-order valence-electron chi connectivity index (χ1n) is 7.64. The van der Waals surface area contributed by atoms with E-state index in [1.807, 2.05) is 33.0 Å². The van der Waals surface area contributed by atoms with Crippen molar-refractivity contribution in [3.63, 3.8) is 0 Å². The number of amides is 2. The number of anilines is 1. The fraction of sp³-hybridized carbons (Fsp3) is 0.353. The molecule has 2 heterocycles. The number of hydrogen-bond donors (Lipinski definition) is 1. The topological polar surface area (TPSA) is 67.2 Å². The molecule has 0 aliphatic carbocycles. The number of hydrogen-bond acceptors (Lipinski definition) is 3. The summed E-state index contributed by atoms with van der Waals surface area (Å²) in [4.78, 5) is 26.6. The van der Waals surface area contributed by atoms with E-state index < -0.39 is 6.04 Å². The van der Waals surface area contributed by atoms with Gasteiger partial charge in [-0.25, -0.2) is 0 Å². The Morgan fingerprint density at radius 1 is 1.35 bits per heavy atom. The van der Waals surface area contributed by atoms with E-state index in [0.717, 1.165) is 16.8 Å². The average Bonchev–Trinajstić information content (AvgIpc) is 3.09. The number of carbonyl (C=O) groups is 2. The number of benzene rings is 1. The second kappa shape index (κ2) is 5.87. The minimum atomic E-state index is -0.484. The lowest BCUT2D eigenvalue weighted by Crippen LogP contribution is -2.41. The van der Waals surface area contributed by atoms with Crippen LogP contribution in [0.15, 0.2) is 30.6 Å². The Balaban J connectivity index is 1.73. The van der Waals surface area contributed by atoms with E-state index in [4.69, 9.17) is 0 Å². The summed E-state index contributed by atoms with van der Waals surface area (Å²) >= 11 is 0. The third kappa shape index (κ3) is 2.84. The first-order chi connectivity index (χ1) is 11.0. The van der Waals surface area contributed by atoms with E-state index in [1.54, 1.807) is 28.0 Å². The van der Waals surface area contributed by atoms with E-state index in [-0.39, 0.29) is 11.8 Å². The van der Waals surface area contributed by atoms with Crippen LogP contribution in [-0.4, -0.2) is 34.2 Å². The van der Waals surface area contributed by atoms with E-state index in [9.17, 15) is 9.59 Å². The van der Waals surface area contributed by atoms with Gasteiger partial charge in [-0.1, -0.05) is 12.1 Å². The van der Waals surface area contributed by atoms with Crippen LogP contribution in [0.1, 0.15) is 27.9 Å². The molecule has 1 saturated heterocycles. The molecular weight excluding hydrogens is 292 g/mol. The number of aromatic nitrogens is 2. The van der Waals surface area contributed by atoms with Crippen molar-refractivity contribution in [2.24, 2.45) is 7.05 Å². The van der Waals surface area contributed by atoms with E-state index in [0.29, 0.717) is 18.5 Å². The highest BCUT2D eigenvalue weighted by Crippen LogP contribution is 2.21. The summed E-state index contributed by atoms with van der Waals surface area (Å²) in [6.45, 7) is 4.47. The Hall–Kier alpha value is -2.63. The van der Waals surface area contributed by atoms with Crippen LogP contribution in [0.4, 0.5) is 5.69 Å². The van der Waals surface area contributed by atoms with Gasteiger partial charge in [-0.2, -0.15) is 5.10 Å². The van der Waals surface area contributed by atoms with Crippen LogP contribution in [0.2, 0.25) is 0 Å². The maximum Gasteiger partial charge on any atom is 0.252 e. The van der Waals surface area contributed by atoms with Gasteiger partial charge in [-0.15, -0.1) is 0 Å².